The monoisotopic (exact) mass is 320 g/mol. The number of benzene rings is 1. The summed E-state index contributed by atoms with van der Waals surface area (Å²) in [6.07, 6.45) is 0. The zero-order valence-electron chi connectivity index (χ0n) is 11.5. The number of ether oxygens (including phenoxy) is 1. The van der Waals surface area contributed by atoms with Crippen LogP contribution < -0.4 is 5.32 Å². The summed E-state index contributed by atoms with van der Waals surface area (Å²) in [5, 5.41) is 11.0. The fourth-order valence-corrected chi connectivity index (χ4v) is 2.85. The minimum Gasteiger partial charge on any atom is -0.466 e. The van der Waals surface area contributed by atoms with Crippen molar-refractivity contribution in [2.24, 2.45) is 0 Å². The summed E-state index contributed by atoms with van der Waals surface area (Å²) >= 11 is 11.3. The lowest BCUT2D eigenvalue weighted by Crippen LogP contribution is -2.35. The number of allylic oxidation sites excluding steroid dienone is 1. The first-order valence-corrected chi connectivity index (χ1v) is 6.93. The molecule has 0 spiro atoms. The molecule has 21 heavy (non-hydrogen) atoms. The van der Waals surface area contributed by atoms with Gasteiger partial charge in [0.1, 0.15) is 4.99 Å². The molecule has 0 radical (unpaired) electrons. The van der Waals surface area contributed by atoms with Gasteiger partial charge < -0.3 is 10.1 Å². The van der Waals surface area contributed by atoms with E-state index in [1.165, 1.54) is 7.11 Å². The van der Waals surface area contributed by atoms with E-state index in [0.29, 0.717) is 26.9 Å². The van der Waals surface area contributed by atoms with Gasteiger partial charge in [-0.3, -0.25) is 5.41 Å². The van der Waals surface area contributed by atoms with Crippen LogP contribution in [0.4, 0.5) is 0 Å². The SMILES string of the molecule is COC(=O)C1=C(C)NC(=S)C(=C=N)[C@H]1c1cccc(Cl)c1. The Balaban J connectivity index is 2.70. The molecule has 1 aliphatic heterocycles. The average molecular weight is 321 g/mol. The molecule has 0 unspecified atom stereocenters. The molecule has 1 heterocycles. The largest absolute Gasteiger partial charge is 0.466 e. The van der Waals surface area contributed by atoms with Crippen molar-refractivity contribution in [2.75, 3.05) is 7.11 Å². The third-order valence-corrected chi connectivity index (χ3v) is 3.81. The number of halogens is 1. The van der Waals surface area contributed by atoms with Crippen LogP contribution in [-0.2, 0) is 9.53 Å². The molecule has 0 bridgehead atoms. The highest BCUT2D eigenvalue weighted by molar-refractivity contribution is 7.80. The maximum absolute atomic E-state index is 12.1. The van der Waals surface area contributed by atoms with Gasteiger partial charge in [-0.05, 0) is 30.5 Å². The van der Waals surface area contributed by atoms with Gasteiger partial charge in [-0.2, -0.15) is 0 Å². The molecular formula is C15H13ClN2O2S. The topological polar surface area (TPSA) is 62.2 Å². The third-order valence-electron chi connectivity index (χ3n) is 3.25. The van der Waals surface area contributed by atoms with E-state index in [-0.39, 0.29) is 0 Å². The lowest BCUT2D eigenvalue weighted by atomic mass is 9.81. The van der Waals surface area contributed by atoms with Gasteiger partial charge in [0.05, 0.1) is 24.2 Å². The van der Waals surface area contributed by atoms with Crippen LogP contribution in [-0.4, -0.2) is 23.9 Å². The Hall–Kier alpha value is -1.94. The first kappa shape index (κ1) is 15.4. The van der Waals surface area contributed by atoms with Crippen molar-refractivity contribution < 1.29 is 9.53 Å². The number of hydrogen-bond acceptors (Lipinski definition) is 4. The fourth-order valence-electron chi connectivity index (χ4n) is 2.33. The van der Waals surface area contributed by atoms with Crippen molar-refractivity contribution in [3.8, 4) is 0 Å². The smallest absolute Gasteiger partial charge is 0.336 e. The van der Waals surface area contributed by atoms with E-state index >= 15 is 0 Å². The molecule has 1 aromatic carbocycles. The molecule has 1 aliphatic rings. The molecule has 0 saturated heterocycles. The molecule has 6 heteroatoms. The summed E-state index contributed by atoms with van der Waals surface area (Å²) in [6.45, 7) is 1.75. The molecule has 2 N–H and O–H groups in total. The molecular weight excluding hydrogens is 308 g/mol. The lowest BCUT2D eigenvalue weighted by molar-refractivity contribution is -0.136. The molecule has 0 aromatic heterocycles. The Morgan fingerprint density at radius 2 is 2.24 bits per heavy atom. The van der Waals surface area contributed by atoms with E-state index in [9.17, 15) is 4.79 Å². The molecule has 0 aliphatic carbocycles. The Morgan fingerprint density at radius 1 is 1.52 bits per heavy atom. The predicted molar refractivity (Wildman–Crippen MR) is 85.9 cm³/mol. The van der Waals surface area contributed by atoms with Gasteiger partial charge in [0.15, 0.2) is 0 Å². The highest BCUT2D eigenvalue weighted by Gasteiger charge is 2.35. The van der Waals surface area contributed by atoms with Crippen molar-refractivity contribution >= 4 is 40.6 Å². The second-order valence-electron chi connectivity index (χ2n) is 4.51. The summed E-state index contributed by atoms with van der Waals surface area (Å²) in [4.78, 5) is 12.5. The molecule has 0 fully saturated rings. The van der Waals surface area contributed by atoms with Gasteiger partial charge in [-0.15, -0.1) is 0 Å². The number of hydrogen-bond donors (Lipinski definition) is 2. The Bertz CT molecular complexity index is 705. The van der Waals surface area contributed by atoms with E-state index in [2.05, 4.69) is 11.2 Å². The molecule has 1 aromatic rings. The van der Waals surface area contributed by atoms with Crippen molar-refractivity contribution in [1.82, 2.24) is 5.32 Å². The van der Waals surface area contributed by atoms with Crippen LogP contribution in [0.5, 0.6) is 0 Å². The number of thiocarbonyl (C=S) groups is 1. The van der Waals surface area contributed by atoms with Gasteiger partial charge in [0.25, 0.3) is 0 Å². The Labute approximate surface area is 133 Å². The first-order chi connectivity index (χ1) is 9.99. The second kappa shape index (κ2) is 6.22. The van der Waals surface area contributed by atoms with E-state index in [1.807, 2.05) is 6.07 Å². The maximum atomic E-state index is 12.1. The molecule has 1 atom stereocenters. The van der Waals surface area contributed by atoms with E-state index in [1.54, 1.807) is 25.1 Å². The van der Waals surface area contributed by atoms with Crippen molar-refractivity contribution in [1.29, 1.82) is 5.41 Å². The van der Waals surface area contributed by atoms with Crippen molar-refractivity contribution in [3.63, 3.8) is 0 Å². The highest BCUT2D eigenvalue weighted by atomic mass is 35.5. The van der Waals surface area contributed by atoms with Gasteiger partial charge in [-0.1, -0.05) is 36.0 Å². The molecule has 0 saturated carbocycles. The lowest BCUT2D eigenvalue weighted by Gasteiger charge is -2.29. The van der Waals surface area contributed by atoms with E-state index < -0.39 is 11.9 Å². The Kier molecular flexibility index (Phi) is 4.58. The summed E-state index contributed by atoms with van der Waals surface area (Å²) in [5.41, 5.74) is 2.19. The van der Waals surface area contributed by atoms with Gasteiger partial charge in [0, 0.05) is 10.7 Å². The van der Waals surface area contributed by atoms with Crippen LogP contribution in [0, 0.1) is 5.41 Å². The molecule has 2 rings (SSSR count). The van der Waals surface area contributed by atoms with Crippen LogP contribution in [0.2, 0.25) is 5.02 Å². The summed E-state index contributed by atoms with van der Waals surface area (Å²) in [5.74, 6) is 1.35. The van der Waals surface area contributed by atoms with E-state index in [4.69, 9.17) is 34.0 Å². The van der Waals surface area contributed by atoms with Crippen molar-refractivity contribution in [2.45, 2.75) is 12.8 Å². The summed E-state index contributed by atoms with van der Waals surface area (Å²) < 4.78 is 4.85. The number of carbonyl (C=O) groups is 1. The van der Waals surface area contributed by atoms with Gasteiger partial charge in [-0.25, -0.2) is 4.79 Å². The normalized spacial score (nSPS) is 18.1. The van der Waals surface area contributed by atoms with Crippen LogP contribution in [0.15, 0.2) is 41.1 Å². The van der Waals surface area contributed by atoms with Crippen LogP contribution in [0.1, 0.15) is 18.4 Å². The quantitative estimate of drug-likeness (QED) is 0.380. The number of rotatable bonds is 2. The van der Waals surface area contributed by atoms with Crippen molar-refractivity contribution in [3.05, 3.63) is 51.7 Å². The number of esters is 1. The van der Waals surface area contributed by atoms with Crippen LogP contribution in [0.3, 0.4) is 0 Å². The molecule has 0 amide bonds. The summed E-state index contributed by atoms with van der Waals surface area (Å²) in [6, 6.07) is 7.10. The summed E-state index contributed by atoms with van der Waals surface area (Å²) in [7, 11) is 1.32. The average Bonchev–Trinajstić information content (AvgIpc) is 2.45. The molecule has 108 valence electrons. The molecule has 4 nitrogen and oxygen atoms in total. The zero-order chi connectivity index (χ0) is 15.6. The highest BCUT2D eigenvalue weighted by Crippen LogP contribution is 2.37. The van der Waals surface area contributed by atoms with E-state index in [0.717, 1.165) is 5.56 Å². The first-order valence-electron chi connectivity index (χ1n) is 6.15. The minimum absolute atomic E-state index is 0.375. The number of methoxy groups -OCH3 is 1. The minimum atomic E-state index is -0.512. The number of nitrogens with one attached hydrogen (secondary N) is 2. The zero-order valence-corrected chi connectivity index (χ0v) is 13.1. The number of carbonyl (C=O) groups excluding carboxylic acids is 1. The maximum Gasteiger partial charge on any atom is 0.336 e. The third kappa shape index (κ3) is 2.90. The van der Waals surface area contributed by atoms with Crippen LogP contribution >= 0.6 is 23.8 Å². The Morgan fingerprint density at radius 3 is 2.81 bits per heavy atom. The predicted octanol–water partition coefficient (Wildman–Crippen LogP) is 2.98. The standard InChI is InChI=1S/C15H13ClN2O2S/c1-8-12(15(19)20-2)13(11(7-17)14(21)18-8)9-4-3-5-10(16)6-9/h3-6,13,17H,1-2H3,(H,18,21)/t13-/m1/s1. The second-order valence-corrected chi connectivity index (χ2v) is 5.36. The van der Waals surface area contributed by atoms with Gasteiger partial charge >= 0.3 is 5.97 Å². The fraction of sp³-hybridized carbons (Fsp3) is 0.200. The van der Waals surface area contributed by atoms with Crippen LogP contribution in [0.25, 0.3) is 0 Å². The van der Waals surface area contributed by atoms with Gasteiger partial charge in [0.2, 0.25) is 0 Å².